The highest BCUT2D eigenvalue weighted by Crippen LogP contribution is 2.30. The number of anilines is 1. The molecule has 0 aromatic heterocycles. The molecule has 0 aliphatic carbocycles. The number of hydrogen-bond acceptors (Lipinski definition) is 4. The van der Waals surface area contributed by atoms with Gasteiger partial charge in [0.25, 0.3) is 0 Å². The number of rotatable bonds is 4. The van der Waals surface area contributed by atoms with Gasteiger partial charge in [0.05, 0.1) is 18.5 Å². The summed E-state index contributed by atoms with van der Waals surface area (Å²) in [6, 6.07) is 5.75. The summed E-state index contributed by atoms with van der Waals surface area (Å²) in [6.45, 7) is 4.22. The third-order valence-corrected chi connectivity index (χ3v) is 2.53. The molecule has 1 aliphatic rings. The molecule has 0 radical (unpaired) electrons. The lowest BCUT2D eigenvalue weighted by Gasteiger charge is -2.02. The maximum atomic E-state index is 5.20. The normalized spacial score (nSPS) is 16.1. The van der Waals surface area contributed by atoms with E-state index in [4.69, 9.17) is 9.47 Å². The van der Waals surface area contributed by atoms with Crippen molar-refractivity contribution in [3.63, 3.8) is 0 Å². The highest BCUT2D eigenvalue weighted by molar-refractivity contribution is 6.23. The van der Waals surface area contributed by atoms with E-state index < -0.39 is 0 Å². The minimum Gasteiger partial charge on any atom is -0.497 e. The van der Waals surface area contributed by atoms with Crippen molar-refractivity contribution in [1.29, 1.82) is 0 Å². The lowest BCUT2D eigenvalue weighted by atomic mass is 10.1. The van der Waals surface area contributed by atoms with E-state index >= 15 is 0 Å². The van der Waals surface area contributed by atoms with Crippen LogP contribution >= 0.6 is 0 Å². The summed E-state index contributed by atoms with van der Waals surface area (Å²) in [5.41, 5.74) is 3.45. The first-order chi connectivity index (χ1) is 8.76. The number of nitrogens with zero attached hydrogens (tertiary/aromatic N) is 2. The minimum absolute atomic E-state index is 0.293. The van der Waals surface area contributed by atoms with Crippen molar-refractivity contribution in [3.05, 3.63) is 36.0 Å². The zero-order valence-electron chi connectivity index (χ0n) is 10.4. The summed E-state index contributed by atoms with van der Waals surface area (Å²) < 4.78 is 10.0. The summed E-state index contributed by atoms with van der Waals surface area (Å²) in [5.74, 6) is 0.784. The molecule has 0 fully saturated rings. The first-order valence-electron chi connectivity index (χ1n) is 5.46. The van der Waals surface area contributed by atoms with Gasteiger partial charge in [0.15, 0.2) is 0 Å². The molecule has 1 aromatic rings. The Kier molecular flexibility index (Phi) is 3.74. The molecule has 18 heavy (non-hydrogen) atoms. The van der Waals surface area contributed by atoms with Gasteiger partial charge in [0.2, 0.25) is 0 Å². The van der Waals surface area contributed by atoms with E-state index in [0.717, 1.165) is 28.4 Å². The van der Waals surface area contributed by atoms with Crippen molar-refractivity contribution in [2.24, 2.45) is 9.98 Å². The fourth-order valence-corrected chi connectivity index (χ4v) is 1.69. The number of methoxy groups -OCH3 is 2. The highest BCUT2D eigenvalue weighted by atomic mass is 16.5. The summed E-state index contributed by atoms with van der Waals surface area (Å²) in [6.07, 6.45) is 1.47. The van der Waals surface area contributed by atoms with Gasteiger partial charge < -0.3 is 14.8 Å². The molecule has 0 unspecified atom stereocenters. The van der Waals surface area contributed by atoms with Crippen molar-refractivity contribution in [2.45, 2.75) is 0 Å². The number of fused-ring (bicyclic) bond motifs is 1. The van der Waals surface area contributed by atoms with Crippen LogP contribution in [-0.4, -0.2) is 33.0 Å². The second kappa shape index (κ2) is 5.46. The molecule has 1 aliphatic heterocycles. The van der Waals surface area contributed by atoms with Crippen LogP contribution in [0.1, 0.15) is 5.56 Å². The van der Waals surface area contributed by atoms with E-state index in [1.807, 2.05) is 18.2 Å². The fraction of sp³-hybridized carbons (Fsp3) is 0.231. The van der Waals surface area contributed by atoms with Gasteiger partial charge in [-0.3, -0.25) is 0 Å². The maximum Gasteiger partial charge on any atom is 0.138 e. The Balaban J connectivity index is 2.31. The van der Waals surface area contributed by atoms with Crippen LogP contribution in [0.2, 0.25) is 0 Å². The standard InChI is InChI=1S/C13H15N3O2/c1-9-13(15-7-14-8-17-2)11-6-10(18-3)4-5-12(11)16-9/h4-7,16H,1,8H2,2-3H3. The zero-order valence-corrected chi connectivity index (χ0v) is 10.4. The van der Waals surface area contributed by atoms with E-state index in [1.54, 1.807) is 14.2 Å². The van der Waals surface area contributed by atoms with Crippen LogP contribution in [0.3, 0.4) is 0 Å². The van der Waals surface area contributed by atoms with Crippen LogP contribution in [0.5, 0.6) is 5.75 Å². The van der Waals surface area contributed by atoms with E-state index in [9.17, 15) is 0 Å². The SMILES string of the molecule is C=C1Nc2ccc(OC)cc2C1=NC=NCOC. The number of benzene rings is 1. The van der Waals surface area contributed by atoms with Gasteiger partial charge in [0.1, 0.15) is 18.8 Å². The fourth-order valence-electron chi connectivity index (χ4n) is 1.69. The molecule has 0 atom stereocenters. The van der Waals surface area contributed by atoms with Gasteiger partial charge in [-0.15, -0.1) is 0 Å². The molecule has 0 amide bonds. The van der Waals surface area contributed by atoms with Crippen LogP contribution in [0, 0.1) is 0 Å². The van der Waals surface area contributed by atoms with Gasteiger partial charge >= 0.3 is 0 Å². The van der Waals surface area contributed by atoms with E-state index in [-0.39, 0.29) is 0 Å². The summed E-state index contributed by atoms with van der Waals surface area (Å²) in [5, 5.41) is 3.17. The third kappa shape index (κ3) is 2.41. The molecule has 1 heterocycles. The predicted molar refractivity (Wildman–Crippen MR) is 72.7 cm³/mol. The van der Waals surface area contributed by atoms with Gasteiger partial charge in [-0.2, -0.15) is 0 Å². The van der Waals surface area contributed by atoms with Crippen molar-refractivity contribution in [3.8, 4) is 5.75 Å². The van der Waals surface area contributed by atoms with Gasteiger partial charge in [-0.05, 0) is 18.2 Å². The third-order valence-electron chi connectivity index (χ3n) is 2.53. The second-order valence-corrected chi connectivity index (χ2v) is 3.71. The monoisotopic (exact) mass is 245 g/mol. The Bertz CT molecular complexity index is 521. The summed E-state index contributed by atoms with van der Waals surface area (Å²) in [4.78, 5) is 8.25. The Labute approximate surface area is 106 Å². The largest absolute Gasteiger partial charge is 0.497 e. The molecular weight excluding hydrogens is 230 g/mol. The van der Waals surface area contributed by atoms with E-state index in [0.29, 0.717) is 6.73 Å². The summed E-state index contributed by atoms with van der Waals surface area (Å²) in [7, 11) is 3.22. The molecule has 0 spiro atoms. The number of nitrogens with one attached hydrogen (secondary N) is 1. The molecule has 2 rings (SSSR count). The van der Waals surface area contributed by atoms with Gasteiger partial charge in [-0.25, -0.2) is 9.98 Å². The van der Waals surface area contributed by atoms with Crippen LogP contribution in [0.15, 0.2) is 40.5 Å². The minimum atomic E-state index is 0.293. The maximum absolute atomic E-state index is 5.20. The summed E-state index contributed by atoms with van der Waals surface area (Å²) >= 11 is 0. The van der Waals surface area contributed by atoms with Crippen LogP contribution in [-0.2, 0) is 4.74 Å². The van der Waals surface area contributed by atoms with E-state index in [2.05, 4.69) is 21.9 Å². The van der Waals surface area contributed by atoms with Gasteiger partial charge in [-0.1, -0.05) is 6.58 Å². The average molecular weight is 245 g/mol. The van der Waals surface area contributed by atoms with E-state index in [1.165, 1.54) is 6.34 Å². The van der Waals surface area contributed by atoms with Crippen LogP contribution in [0.25, 0.3) is 0 Å². The first kappa shape index (κ1) is 12.3. The smallest absolute Gasteiger partial charge is 0.138 e. The Morgan fingerprint density at radius 1 is 1.39 bits per heavy atom. The molecule has 0 saturated carbocycles. The van der Waals surface area contributed by atoms with Crippen LogP contribution < -0.4 is 10.1 Å². The highest BCUT2D eigenvalue weighted by Gasteiger charge is 2.21. The topological polar surface area (TPSA) is 55.2 Å². The molecule has 5 nitrogen and oxygen atoms in total. The molecule has 1 N–H and O–H groups in total. The Hall–Kier alpha value is -2.14. The number of hydrogen-bond donors (Lipinski definition) is 1. The lowest BCUT2D eigenvalue weighted by molar-refractivity contribution is 0.209. The zero-order chi connectivity index (χ0) is 13.0. The number of ether oxygens (including phenoxy) is 2. The Morgan fingerprint density at radius 3 is 2.94 bits per heavy atom. The Morgan fingerprint density at radius 2 is 2.22 bits per heavy atom. The number of allylic oxidation sites excluding steroid dienone is 1. The molecule has 1 aromatic carbocycles. The van der Waals surface area contributed by atoms with Crippen molar-refractivity contribution in [2.75, 3.05) is 26.3 Å². The molecule has 0 saturated heterocycles. The van der Waals surface area contributed by atoms with Crippen molar-refractivity contribution in [1.82, 2.24) is 0 Å². The molecular formula is C13H15N3O2. The molecule has 94 valence electrons. The molecule has 0 bridgehead atoms. The predicted octanol–water partition coefficient (Wildman–Crippen LogP) is 2.06. The van der Waals surface area contributed by atoms with Crippen molar-refractivity contribution >= 4 is 17.7 Å². The van der Waals surface area contributed by atoms with Gasteiger partial charge in [0, 0.05) is 18.4 Å². The quantitative estimate of drug-likeness (QED) is 0.652. The lowest BCUT2D eigenvalue weighted by Crippen LogP contribution is -2.00. The second-order valence-electron chi connectivity index (χ2n) is 3.71. The van der Waals surface area contributed by atoms with Crippen LogP contribution in [0.4, 0.5) is 5.69 Å². The number of aliphatic imine (C=N–C) groups is 2. The average Bonchev–Trinajstić information content (AvgIpc) is 2.70. The van der Waals surface area contributed by atoms with Crippen molar-refractivity contribution < 1.29 is 9.47 Å². The first-order valence-corrected chi connectivity index (χ1v) is 5.46. The molecule has 5 heteroatoms.